The van der Waals surface area contributed by atoms with Gasteiger partial charge in [0.1, 0.15) is 11.5 Å². The number of benzene rings is 2. The highest BCUT2D eigenvalue weighted by atomic mass is 16.5. The Morgan fingerprint density at radius 1 is 1.11 bits per heavy atom. The molecule has 1 atom stereocenters. The summed E-state index contributed by atoms with van der Waals surface area (Å²) < 4.78 is 5.91. The van der Waals surface area contributed by atoms with Gasteiger partial charge in [-0.2, -0.15) is 0 Å². The van der Waals surface area contributed by atoms with Crippen LogP contribution >= 0.6 is 0 Å². The second-order valence-corrected chi connectivity index (χ2v) is 4.81. The van der Waals surface area contributed by atoms with E-state index < -0.39 is 0 Å². The Labute approximate surface area is 110 Å². The molecule has 4 heteroatoms. The number of fused-ring (bicyclic) bond motifs is 2. The van der Waals surface area contributed by atoms with Crippen molar-refractivity contribution in [3.8, 4) is 11.5 Å². The third-order valence-electron chi connectivity index (χ3n) is 3.68. The van der Waals surface area contributed by atoms with E-state index in [0.29, 0.717) is 5.56 Å². The molecule has 1 amide bonds. The standard InChI is InChI=1S/C15H12N2O2/c1-17-14-9-5-2-3-7-11(9)19-12-8-4-6-10(13(12)14)15(18)16-17/h2-8,14H,1H3,(H,16,18). The summed E-state index contributed by atoms with van der Waals surface area (Å²) >= 11 is 0. The molecule has 1 unspecified atom stereocenters. The molecular weight excluding hydrogens is 240 g/mol. The third kappa shape index (κ3) is 1.34. The van der Waals surface area contributed by atoms with Crippen molar-refractivity contribution in [2.75, 3.05) is 7.05 Å². The van der Waals surface area contributed by atoms with Crippen LogP contribution < -0.4 is 10.2 Å². The van der Waals surface area contributed by atoms with Crippen LogP contribution in [0.1, 0.15) is 27.5 Å². The normalized spacial score (nSPS) is 20.1. The van der Waals surface area contributed by atoms with Crippen molar-refractivity contribution >= 4 is 5.91 Å². The van der Waals surface area contributed by atoms with Crippen molar-refractivity contribution in [2.24, 2.45) is 0 Å². The van der Waals surface area contributed by atoms with E-state index >= 15 is 0 Å². The number of hydrogen-bond donors (Lipinski definition) is 1. The molecule has 0 aromatic heterocycles. The fraction of sp³-hybridized carbons (Fsp3) is 0.133. The first-order valence-electron chi connectivity index (χ1n) is 6.19. The van der Waals surface area contributed by atoms with Crippen LogP contribution in [0.15, 0.2) is 42.5 Å². The number of ether oxygens (including phenoxy) is 1. The number of hydrogen-bond acceptors (Lipinski definition) is 3. The average Bonchev–Trinajstić information content (AvgIpc) is 2.42. The van der Waals surface area contributed by atoms with Crippen molar-refractivity contribution < 1.29 is 9.53 Å². The van der Waals surface area contributed by atoms with E-state index in [0.717, 1.165) is 22.6 Å². The number of nitrogens with one attached hydrogen (secondary N) is 1. The van der Waals surface area contributed by atoms with Crippen LogP contribution in [-0.2, 0) is 0 Å². The van der Waals surface area contributed by atoms with Crippen LogP contribution in [-0.4, -0.2) is 18.0 Å². The molecule has 0 spiro atoms. The summed E-state index contributed by atoms with van der Waals surface area (Å²) in [5.74, 6) is 1.53. The minimum Gasteiger partial charge on any atom is -0.457 e. The van der Waals surface area contributed by atoms with E-state index in [2.05, 4.69) is 5.43 Å². The maximum absolute atomic E-state index is 12.0. The molecule has 4 nitrogen and oxygen atoms in total. The monoisotopic (exact) mass is 252 g/mol. The fourth-order valence-electron chi connectivity index (χ4n) is 2.87. The van der Waals surface area contributed by atoms with Crippen molar-refractivity contribution in [2.45, 2.75) is 6.04 Å². The van der Waals surface area contributed by atoms with E-state index in [1.165, 1.54) is 0 Å². The second-order valence-electron chi connectivity index (χ2n) is 4.81. The topological polar surface area (TPSA) is 41.6 Å². The molecule has 2 aromatic carbocycles. The van der Waals surface area contributed by atoms with Crippen LogP contribution in [0.25, 0.3) is 0 Å². The van der Waals surface area contributed by atoms with E-state index in [1.807, 2.05) is 54.5 Å². The van der Waals surface area contributed by atoms with Gasteiger partial charge < -0.3 is 4.74 Å². The van der Waals surface area contributed by atoms with Gasteiger partial charge in [0.25, 0.3) is 5.91 Å². The largest absolute Gasteiger partial charge is 0.457 e. The van der Waals surface area contributed by atoms with Crippen molar-refractivity contribution in [3.05, 3.63) is 59.2 Å². The van der Waals surface area contributed by atoms with Gasteiger partial charge >= 0.3 is 0 Å². The van der Waals surface area contributed by atoms with Crippen molar-refractivity contribution in [3.63, 3.8) is 0 Å². The van der Waals surface area contributed by atoms with Crippen LogP contribution in [0, 0.1) is 0 Å². The zero-order valence-electron chi connectivity index (χ0n) is 10.4. The minimum absolute atomic E-state index is 0.00819. The molecule has 2 aliphatic rings. The molecule has 2 aromatic rings. The molecule has 94 valence electrons. The second kappa shape index (κ2) is 3.59. The van der Waals surface area contributed by atoms with Crippen LogP contribution in [0.2, 0.25) is 0 Å². The molecular formula is C15H12N2O2. The number of amides is 1. The molecule has 0 bridgehead atoms. The summed E-state index contributed by atoms with van der Waals surface area (Å²) in [6.45, 7) is 0. The Morgan fingerprint density at radius 2 is 1.89 bits per heavy atom. The molecule has 2 aliphatic heterocycles. The Hall–Kier alpha value is -2.33. The molecule has 0 fully saturated rings. The number of rotatable bonds is 0. The first-order chi connectivity index (χ1) is 9.25. The van der Waals surface area contributed by atoms with Gasteiger partial charge in [0.2, 0.25) is 0 Å². The number of nitrogens with zero attached hydrogens (tertiary/aromatic N) is 1. The first kappa shape index (κ1) is 10.6. The highest BCUT2D eigenvalue weighted by Crippen LogP contribution is 2.47. The lowest BCUT2D eigenvalue weighted by atomic mass is 9.89. The molecule has 0 saturated carbocycles. The summed E-state index contributed by atoms with van der Waals surface area (Å²) in [7, 11) is 1.88. The van der Waals surface area contributed by atoms with Gasteiger partial charge in [-0.15, -0.1) is 0 Å². The Bertz CT molecular complexity index is 696. The summed E-state index contributed by atoms with van der Waals surface area (Å²) in [5, 5.41) is 1.84. The maximum Gasteiger partial charge on any atom is 0.266 e. The Balaban J connectivity index is 2.03. The van der Waals surface area contributed by atoms with Gasteiger partial charge in [0.05, 0.1) is 6.04 Å². The van der Waals surface area contributed by atoms with Gasteiger partial charge in [-0.25, -0.2) is 5.01 Å². The number of hydrazine groups is 1. The lowest BCUT2D eigenvalue weighted by Crippen LogP contribution is -2.47. The fourth-order valence-corrected chi connectivity index (χ4v) is 2.87. The van der Waals surface area contributed by atoms with Gasteiger partial charge in [0.15, 0.2) is 0 Å². The maximum atomic E-state index is 12.0. The molecule has 2 heterocycles. The number of carbonyl (C=O) groups is 1. The van der Waals surface area contributed by atoms with Crippen LogP contribution in [0.4, 0.5) is 0 Å². The lowest BCUT2D eigenvalue weighted by molar-refractivity contribution is 0.0732. The van der Waals surface area contributed by atoms with Gasteiger partial charge in [0, 0.05) is 23.7 Å². The molecule has 0 aliphatic carbocycles. The minimum atomic E-state index is -0.0846. The molecule has 19 heavy (non-hydrogen) atoms. The van der Waals surface area contributed by atoms with Gasteiger partial charge in [-0.1, -0.05) is 24.3 Å². The van der Waals surface area contributed by atoms with Gasteiger partial charge in [-0.05, 0) is 18.2 Å². The SMILES string of the molecule is CN1NC(=O)c2cccc3c2C1c1ccccc1O3. The molecule has 0 radical (unpaired) electrons. The van der Waals surface area contributed by atoms with E-state index in [4.69, 9.17) is 4.74 Å². The van der Waals surface area contributed by atoms with Crippen molar-refractivity contribution in [1.82, 2.24) is 10.4 Å². The molecule has 0 saturated heterocycles. The number of para-hydroxylation sites is 1. The lowest BCUT2D eigenvalue weighted by Gasteiger charge is -2.39. The highest BCUT2D eigenvalue weighted by molar-refractivity contribution is 5.97. The Morgan fingerprint density at radius 3 is 2.79 bits per heavy atom. The zero-order valence-corrected chi connectivity index (χ0v) is 10.4. The van der Waals surface area contributed by atoms with Gasteiger partial charge in [-0.3, -0.25) is 10.2 Å². The highest BCUT2D eigenvalue weighted by Gasteiger charge is 2.37. The predicted molar refractivity (Wildman–Crippen MR) is 70.0 cm³/mol. The van der Waals surface area contributed by atoms with E-state index in [9.17, 15) is 4.79 Å². The molecule has 1 N–H and O–H groups in total. The smallest absolute Gasteiger partial charge is 0.266 e. The third-order valence-corrected chi connectivity index (χ3v) is 3.68. The average molecular weight is 252 g/mol. The Kier molecular flexibility index (Phi) is 2.00. The molecule has 4 rings (SSSR count). The van der Waals surface area contributed by atoms with Crippen LogP contribution in [0.3, 0.4) is 0 Å². The quantitative estimate of drug-likeness (QED) is 0.783. The van der Waals surface area contributed by atoms with Crippen molar-refractivity contribution in [1.29, 1.82) is 0 Å². The van der Waals surface area contributed by atoms with E-state index in [-0.39, 0.29) is 11.9 Å². The summed E-state index contributed by atoms with van der Waals surface area (Å²) in [6, 6.07) is 13.5. The summed E-state index contributed by atoms with van der Waals surface area (Å²) in [4.78, 5) is 12.0. The summed E-state index contributed by atoms with van der Waals surface area (Å²) in [6.07, 6.45) is 0. The number of carbonyl (C=O) groups excluding carboxylic acids is 1. The summed E-state index contributed by atoms with van der Waals surface area (Å²) in [5.41, 5.74) is 5.59. The first-order valence-corrected chi connectivity index (χ1v) is 6.19. The predicted octanol–water partition coefficient (Wildman–Crippen LogP) is 2.47. The zero-order chi connectivity index (χ0) is 13.0. The van der Waals surface area contributed by atoms with E-state index in [1.54, 1.807) is 0 Å². The van der Waals surface area contributed by atoms with Crippen LogP contribution in [0.5, 0.6) is 11.5 Å².